The van der Waals surface area contributed by atoms with Crippen LogP contribution in [0, 0.1) is 0 Å². The average Bonchev–Trinajstić information content (AvgIpc) is 2.97. The molecule has 0 spiro atoms. The number of benzene rings is 1. The lowest BCUT2D eigenvalue weighted by Gasteiger charge is -1.97. The number of aromatic carboxylic acids is 1. The molecule has 18 heavy (non-hydrogen) atoms. The molecule has 0 bridgehead atoms. The molecule has 0 fully saturated rings. The van der Waals surface area contributed by atoms with Crippen LogP contribution in [0.2, 0.25) is 0 Å². The highest BCUT2D eigenvalue weighted by Crippen LogP contribution is 2.21. The second-order valence-electron chi connectivity index (χ2n) is 4.02. The van der Waals surface area contributed by atoms with E-state index in [0.717, 1.165) is 22.7 Å². The summed E-state index contributed by atoms with van der Waals surface area (Å²) in [5.41, 5.74) is 2.57. The number of H-pyrrole nitrogens is 1. The van der Waals surface area contributed by atoms with Gasteiger partial charge in [-0.3, -0.25) is 0 Å². The Morgan fingerprint density at radius 2 is 2.22 bits per heavy atom. The topological polar surface area (TPSA) is 79.1 Å². The molecule has 2 heterocycles. The number of carbonyl (C=O) groups is 1. The van der Waals surface area contributed by atoms with Crippen molar-refractivity contribution in [3.63, 3.8) is 0 Å². The zero-order chi connectivity index (χ0) is 12.5. The first kappa shape index (κ1) is 10.6. The van der Waals surface area contributed by atoms with Crippen molar-refractivity contribution in [1.29, 1.82) is 0 Å². The van der Waals surface area contributed by atoms with Crippen molar-refractivity contribution < 1.29 is 14.4 Å². The van der Waals surface area contributed by atoms with Crippen molar-refractivity contribution in [3.05, 3.63) is 53.5 Å². The number of para-hydroxylation sites is 1. The Labute approximate surface area is 102 Å². The number of carboxylic acids is 1. The molecule has 2 aromatic heterocycles. The lowest BCUT2D eigenvalue weighted by Crippen LogP contribution is -2.00. The molecule has 1 aromatic carbocycles. The van der Waals surface area contributed by atoms with E-state index in [0.29, 0.717) is 12.1 Å². The molecule has 0 amide bonds. The fourth-order valence-electron chi connectivity index (χ4n) is 2.02. The minimum Gasteiger partial charge on any atom is -0.478 e. The molecule has 0 atom stereocenters. The molecule has 0 saturated carbocycles. The summed E-state index contributed by atoms with van der Waals surface area (Å²) in [7, 11) is 0. The maximum Gasteiger partial charge on any atom is 0.340 e. The Morgan fingerprint density at radius 1 is 1.39 bits per heavy atom. The lowest BCUT2D eigenvalue weighted by molar-refractivity contribution is 0.0695. The summed E-state index contributed by atoms with van der Waals surface area (Å²) in [6.45, 7) is 0. The van der Waals surface area contributed by atoms with Gasteiger partial charge in [0.05, 0.1) is 0 Å². The van der Waals surface area contributed by atoms with Crippen LogP contribution in [0.1, 0.15) is 21.6 Å². The predicted molar refractivity (Wildman–Crippen MR) is 64.6 cm³/mol. The SMILES string of the molecule is O=C(O)c1conc1Cc1c[nH]c2ccccc12. The highest BCUT2D eigenvalue weighted by molar-refractivity contribution is 5.89. The van der Waals surface area contributed by atoms with Gasteiger partial charge in [-0.05, 0) is 11.6 Å². The maximum absolute atomic E-state index is 11.0. The summed E-state index contributed by atoms with van der Waals surface area (Å²) >= 11 is 0. The Balaban J connectivity index is 2.02. The van der Waals surface area contributed by atoms with Gasteiger partial charge in [0.25, 0.3) is 0 Å². The van der Waals surface area contributed by atoms with Crippen LogP contribution >= 0.6 is 0 Å². The molecule has 0 radical (unpaired) electrons. The van der Waals surface area contributed by atoms with E-state index in [-0.39, 0.29) is 5.56 Å². The van der Waals surface area contributed by atoms with Gasteiger partial charge in [0.1, 0.15) is 17.5 Å². The van der Waals surface area contributed by atoms with Gasteiger partial charge in [-0.25, -0.2) is 4.79 Å². The van der Waals surface area contributed by atoms with Gasteiger partial charge in [-0.15, -0.1) is 0 Å². The van der Waals surface area contributed by atoms with Gasteiger partial charge in [-0.2, -0.15) is 0 Å². The van der Waals surface area contributed by atoms with Crippen molar-refractivity contribution in [2.75, 3.05) is 0 Å². The first-order chi connectivity index (χ1) is 8.75. The largest absolute Gasteiger partial charge is 0.478 e. The summed E-state index contributed by atoms with van der Waals surface area (Å²) in [5.74, 6) is -1.02. The quantitative estimate of drug-likeness (QED) is 0.739. The molecule has 0 aliphatic heterocycles. The third-order valence-electron chi connectivity index (χ3n) is 2.91. The van der Waals surface area contributed by atoms with Gasteiger partial charge in [-0.1, -0.05) is 23.4 Å². The van der Waals surface area contributed by atoms with E-state index in [1.165, 1.54) is 0 Å². The highest BCUT2D eigenvalue weighted by atomic mass is 16.5. The van der Waals surface area contributed by atoms with Gasteiger partial charge in [0, 0.05) is 23.5 Å². The average molecular weight is 242 g/mol. The smallest absolute Gasteiger partial charge is 0.340 e. The number of hydrogen-bond acceptors (Lipinski definition) is 3. The van der Waals surface area contributed by atoms with Crippen molar-refractivity contribution in [2.45, 2.75) is 6.42 Å². The van der Waals surface area contributed by atoms with Gasteiger partial charge >= 0.3 is 5.97 Å². The van der Waals surface area contributed by atoms with Crippen molar-refractivity contribution in [3.8, 4) is 0 Å². The second-order valence-corrected chi connectivity index (χ2v) is 4.02. The van der Waals surface area contributed by atoms with E-state index >= 15 is 0 Å². The number of fused-ring (bicyclic) bond motifs is 1. The fraction of sp³-hybridized carbons (Fsp3) is 0.0769. The van der Waals surface area contributed by atoms with Crippen molar-refractivity contribution >= 4 is 16.9 Å². The van der Waals surface area contributed by atoms with Crippen LogP contribution in [0.25, 0.3) is 10.9 Å². The third-order valence-corrected chi connectivity index (χ3v) is 2.91. The number of rotatable bonds is 3. The molecular weight excluding hydrogens is 232 g/mol. The van der Waals surface area contributed by atoms with Crippen LogP contribution < -0.4 is 0 Å². The monoisotopic (exact) mass is 242 g/mol. The van der Waals surface area contributed by atoms with Crippen molar-refractivity contribution in [1.82, 2.24) is 10.1 Å². The fourth-order valence-corrected chi connectivity index (χ4v) is 2.02. The zero-order valence-corrected chi connectivity index (χ0v) is 9.38. The molecule has 0 aliphatic rings. The number of nitrogens with zero attached hydrogens (tertiary/aromatic N) is 1. The number of carboxylic acid groups (broad SMARTS) is 1. The summed E-state index contributed by atoms with van der Waals surface area (Å²) in [4.78, 5) is 14.1. The molecule has 90 valence electrons. The Kier molecular flexibility index (Phi) is 2.37. The lowest BCUT2D eigenvalue weighted by atomic mass is 10.1. The van der Waals surface area contributed by atoms with Crippen LogP contribution in [0.3, 0.4) is 0 Å². The number of hydrogen-bond donors (Lipinski definition) is 2. The maximum atomic E-state index is 11.0. The van der Waals surface area contributed by atoms with Crippen LogP contribution in [0.5, 0.6) is 0 Å². The normalized spacial score (nSPS) is 10.9. The highest BCUT2D eigenvalue weighted by Gasteiger charge is 2.16. The summed E-state index contributed by atoms with van der Waals surface area (Å²) in [5, 5.41) is 13.8. The number of aromatic nitrogens is 2. The standard InChI is InChI=1S/C13H10N2O3/c16-13(17)10-7-18-15-12(10)5-8-6-14-11-4-2-1-3-9(8)11/h1-4,6-7,14H,5H2,(H,16,17). The Hall–Kier alpha value is -2.56. The Bertz CT molecular complexity index is 712. The summed E-state index contributed by atoms with van der Waals surface area (Å²) in [6.07, 6.45) is 3.46. The molecule has 3 rings (SSSR count). The number of nitrogens with one attached hydrogen (secondary N) is 1. The Morgan fingerprint density at radius 3 is 3.06 bits per heavy atom. The molecule has 0 aliphatic carbocycles. The molecular formula is C13H10N2O3. The minimum atomic E-state index is -1.02. The molecule has 3 aromatic rings. The first-order valence-corrected chi connectivity index (χ1v) is 5.47. The molecule has 5 nitrogen and oxygen atoms in total. The van der Waals surface area contributed by atoms with Gasteiger partial charge < -0.3 is 14.6 Å². The third kappa shape index (κ3) is 1.66. The molecule has 5 heteroatoms. The summed E-state index contributed by atoms with van der Waals surface area (Å²) in [6, 6.07) is 7.85. The first-order valence-electron chi connectivity index (χ1n) is 5.47. The van der Waals surface area contributed by atoms with E-state index in [1.54, 1.807) is 0 Å². The minimum absolute atomic E-state index is 0.111. The van der Waals surface area contributed by atoms with Crippen LogP contribution in [0.4, 0.5) is 0 Å². The molecule has 2 N–H and O–H groups in total. The van der Waals surface area contributed by atoms with Gasteiger partial charge in [0.15, 0.2) is 0 Å². The van der Waals surface area contributed by atoms with Crippen LogP contribution in [-0.2, 0) is 6.42 Å². The van der Waals surface area contributed by atoms with Crippen LogP contribution in [0.15, 0.2) is 41.2 Å². The molecule has 0 saturated heterocycles. The molecule has 0 unspecified atom stereocenters. The zero-order valence-electron chi connectivity index (χ0n) is 9.38. The van der Waals surface area contributed by atoms with Crippen LogP contribution in [-0.4, -0.2) is 21.2 Å². The van der Waals surface area contributed by atoms with E-state index < -0.39 is 5.97 Å². The number of aromatic amines is 1. The van der Waals surface area contributed by atoms with Crippen molar-refractivity contribution in [2.24, 2.45) is 0 Å². The van der Waals surface area contributed by atoms with E-state index in [9.17, 15) is 4.79 Å². The second kappa shape index (κ2) is 4.03. The van der Waals surface area contributed by atoms with E-state index in [2.05, 4.69) is 10.1 Å². The predicted octanol–water partition coefficient (Wildman–Crippen LogP) is 2.44. The van der Waals surface area contributed by atoms with E-state index in [1.807, 2.05) is 30.5 Å². The van der Waals surface area contributed by atoms with Gasteiger partial charge in [0.2, 0.25) is 0 Å². The van der Waals surface area contributed by atoms with E-state index in [4.69, 9.17) is 9.63 Å². The summed E-state index contributed by atoms with van der Waals surface area (Å²) < 4.78 is 4.73.